The summed E-state index contributed by atoms with van der Waals surface area (Å²) in [6.45, 7) is 1.39. The number of rotatable bonds is 2. The maximum Gasteiger partial charge on any atom is 0.416 e. The molecule has 19 heavy (non-hydrogen) atoms. The second-order valence-corrected chi connectivity index (χ2v) is 4.65. The molecule has 0 spiro atoms. The van der Waals surface area contributed by atoms with Crippen LogP contribution in [0.25, 0.3) is 0 Å². The summed E-state index contributed by atoms with van der Waals surface area (Å²) < 4.78 is 37.3. The van der Waals surface area contributed by atoms with Crippen molar-refractivity contribution in [2.24, 2.45) is 0 Å². The zero-order valence-corrected chi connectivity index (χ0v) is 10.7. The lowest BCUT2D eigenvalue weighted by Gasteiger charge is -2.07. The fourth-order valence-corrected chi connectivity index (χ4v) is 1.57. The molecule has 0 saturated heterocycles. The number of alkyl halides is 3. The highest BCUT2D eigenvalue weighted by Crippen LogP contribution is 2.30. The molecule has 0 aromatic heterocycles. The van der Waals surface area contributed by atoms with Crippen LogP contribution in [-0.2, 0) is 11.0 Å². The van der Waals surface area contributed by atoms with E-state index in [4.69, 9.17) is 0 Å². The number of hydrogen-bond donors (Lipinski definition) is 0. The van der Waals surface area contributed by atoms with Crippen LogP contribution in [0.1, 0.15) is 28.4 Å². The van der Waals surface area contributed by atoms with Crippen LogP contribution in [0.3, 0.4) is 0 Å². The van der Waals surface area contributed by atoms with E-state index < -0.39 is 11.7 Å². The van der Waals surface area contributed by atoms with Crippen molar-refractivity contribution in [1.29, 1.82) is 0 Å². The monoisotopic (exact) mass is 286 g/mol. The quantitative estimate of drug-likeness (QED) is 0.618. The molecule has 0 unspecified atom stereocenters. The molecule has 1 aromatic rings. The highest BCUT2D eigenvalue weighted by Gasteiger charge is 2.30. The van der Waals surface area contributed by atoms with E-state index in [-0.39, 0.29) is 22.0 Å². The molecule has 6 heteroatoms. The molecule has 1 aromatic carbocycles. The van der Waals surface area contributed by atoms with Crippen LogP contribution < -0.4 is 0 Å². The molecule has 0 N–H and O–H groups in total. The molecule has 0 aliphatic carbocycles. The topological polar surface area (TPSA) is 34.1 Å². The summed E-state index contributed by atoms with van der Waals surface area (Å²) in [6.07, 6.45) is -4.16. The molecule has 0 radical (unpaired) electrons. The number of thioether (sulfide) groups is 1. The van der Waals surface area contributed by atoms with Crippen molar-refractivity contribution < 1.29 is 22.8 Å². The highest BCUT2D eigenvalue weighted by molar-refractivity contribution is 8.13. The van der Waals surface area contributed by atoms with Gasteiger partial charge in [-0.15, -0.1) is 0 Å². The van der Waals surface area contributed by atoms with Gasteiger partial charge in [0.2, 0.25) is 0 Å². The maximum absolute atomic E-state index is 12.4. The van der Waals surface area contributed by atoms with Gasteiger partial charge in [0.15, 0.2) is 11.4 Å². The Morgan fingerprint density at radius 2 is 2.11 bits per heavy atom. The van der Waals surface area contributed by atoms with E-state index >= 15 is 0 Å². The van der Waals surface area contributed by atoms with Crippen molar-refractivity contribution in [2.75, 3.05) is 5.75 Å². The normalized spacial score (nSPS) is 10.5. The van der Waals surface area contributed by atoms with Crippen LogP contribution in [0, 0.1) is 11.8 Å². The Morgan fingerprint density at radius 1 is 1.42 bits per heavy atom. The van der Waals surface area contributed by atoms with E-state index in [1.807, 2.05) is 0 Å². The SMILES string of the molecule is CC(=O)SCC#Cc1ccc(C(F)(F)F)cc1C=O. The third-order valence-corrected chi connectivity index (χ3v) is 2.77. The van der Waals surface area contributed by atoms with E-state index in [0.717, 1.165) is 30.0 Å². The molecule has 0 fully saturated rings. The fraction of sp³-hybridized carbons (Fsp3) is 0.231. The Morgan fingerprint density at radius 3 is 2.63 bits per heavy atom. The molecule has 0 saturated carbocycles. The first-order chi connectivity index (χ1) is 8.84. The first kappa shape index (κ1) is 15.3. The van der Waals surface area contributed by atoms with Gasteiger partial charge < -0.3 is 0 Å². The molecule has 1 rings (SSSR count). The number of carbonyl (C=O) groups excluding carboxylic acids is 2. The predicted octanol–water partition coefficient (Wildman–Crippen LogP) is 3.15. The Balaban J connectivity index is 2.97. The lowest BCUT2D eigenvalue weighted by Crippen LogP contribution is -2.06. The van der Waals surface area contributed by atoms with Crippen LogP contribution in [0.4, 0.5) is 13.2 Å². The minimum atomic E-state index is -4.49. The van der Waals surface area contributed by atoms with Crippen LogP contribution >= 0.6 is 11.8 Å². The van der Waals surface area contributed by atoms with Crippen molar-refractivity contribution in [3.05, 3.63) is 34.9 Å². The van der Waals surface area contributed by atoms with E-state index in [9.17, 15) is 22.8 Å². The summed E-state index contributed by atoms with van der Waals surface area (Å²) in [6, 6.07) is 2.78. The Bertz CT molecular complexity index is 553. The van der Waals surface area contributed by atoms with Gasteiger partial charge >= 0.3 is 6.18 Å². The summed E-state index contributed by atoms with van der Waals surface area (Å²) in [4.78, 5) is 21.4. The Hall–Kier alpha value is -1.74. The lowest BCUT2D eigenvalue weighted by atomic mass is 10.0. The van der Waals surface area contributed by atoms with Gasteiger partial charge in [-0.3, -0.25) is 9.59 Å². The van der Waals surface area contributed by atoms with Crippen LogP contribution in [0.5, 0.6) is 0 Å². The lowest BCUT2D eigenvalue weighted by molar-refractivity contribution is -0.137. The summed E-state index contributed by atoms with van der Waals surface area (Å²) >= 11 is 0.991. The van der Waals surface area contributed by atoms with Crippen molar-refractivity contribution in [2.45, 2.75) is 13.1 Å². The van der Waals surface area contributed by atoms with Crippen molar-refractivity contribution in [3.63, 3.8) is 0 Å². The van der Waals surface area contributed by atoms with Gasteiger partial charge in [-0.05, 0) is 18.2 Å². The van der Waals surface area contributed by atoms with Gasteiger partial charge in [-0.1, -0.05) is 23.6 Å². The second kappa shape index (κ2) is 6.43. The molecule has 0 atom stereocenters. The highest BCUT2D eigenvalue weighted by atomic mass is 32.2. The van der Waals surface area contributed by atoms with Gasteiger partial charge in [0.05, 0.1) is 11.3 Å². The summed E-state index contributed by atoms with van der Waals surface area (Å²) in [5.74, 6) is 5.43. The smallest absolute Gasteiger partial charge is 0.298 e. The third-order valence-electron chi connectivity index (χ3n) is 2.08. The molecule has 0 heterocycles. The summed E-state index contributed by atoms with van der Waals surface area (Å²) in [5, 5.41) is -0.0997. The zero-order chi connectivity index (χ0) is 14.5. The fourth-order valence-electron chi connectivity index (χ4n) is 1.22. The first-order valence-corrected chi connectivity index (χ1v) is 6.12. The van der Waals surface area contributed by atoms with E-state index in [1.165, 1.54) is 6.92 Å². The second-order valence-electron chi connectivity index (χ2n) is 3.50. The Kier molecular flexibility index (Phi) is 5.19. The number of hydrogen-bond acceptors (Lipinski definition) is 3. The zero-order valence-electron chi connectivity index (χ0n) is 9.88. The number of halogens is 3. The van der Waals surface area contributed by atoms with E-state index in [0.29, 0.717) is 6.29 Å². The number of benzene rings is 1. The van der Waals surface area contributed by atoms with E-state index in [1.54, 1.807) is 0 Å². The van der Waals surface area contributed by atoms with E-state index in [2.05, 4.69) is 11.8 Å². The average molecular weight is 286 g/mol. The van der Waals surface area contributed by atoms with Crippen molar-refractivity contribution in [3.8, 4) is 11.8 Å². The molecule has 100 valence electrons. The minimum Gasteiger partial charge on any atom is -0.298 e. The Labute approximate surface area is 112 Å². The van der Waals surface area contributed by atoms with Gasteiger partial charge in [-0.2, -0.15) is 13.2 Å². The predicted molar refractivity (Wildman–Crippen MR) is 66.8 cm³/mol. The van der Waals surface area contributed by atoms with Gasteiger partial charge in [0.25, 0.3) is 0 Å². The average Bonchev–Trinajstić information content (AvgIpc) is 2.33. The molecule has 0 bridgehead atoms. The van der Waals surface area contributed by atoms with Gasteiger partial charge in [0, 0.05) is 18.1 Å². The molecular weight excluding hydrogens is 277 g/mol. The number of carbonyl (C=O) groups is 2. The standard InChI is InChI=1S/C13H9F3O2S/c1-9(18)19-6-2-3-10-4-5-12(13(14,15)16)7-11(10)8-17/h4-5,7-8H,6H2,1H3. The third kappa shape index (κ3) is 4.79. The van der Waals surface area contributed by atoms with Crippen LogP contribution in [-0.4, -0.2) is 17.2 Å². The molecule has 0 aliphatic rings. The molecule has 0 aliphatic heterocycles. The molecular formula is C13H9F3O2S. The van der Waals surface area contributed by atoms with Crippen LogP contribution in [0.2, 0.25) is 0 Å². The van der Waals surface area contributed by atoms with Crippen molar-refractivity contribution >= 4 is 23.2 Å². The molecule has 0 amide bonds. The van der Waals surface area contributed by atoms with Gasteiger partial charge in [-0.25, -0.2) is 0 Å². The maximum atomic E-state index is 12.4. The first-order valence-electron chi connectivity index (χ1n) is 5.13. The minimum absolute atomic E-state index is 0.0997. The molecule has 2 nitrogen and oxygen atoms in total. The van der Waals surface area contributed by atoms with Gasteiger partial charge in [0.1, 0.15) is 0 Å². The van der Waals surface area contributed by atoms with Crippen molar-refractivity contribution in [1.82, 2.24) is 0 Å². The van der Waals surface area contributed by atoms with Crippen LogP contribution in [0.15, 0.2) is 18.2 Å². The largest absolute Gasteiger partial charge is 0.416 e. The summed E-state index contributed by atoms with van der Waals surface area (Å²) in [5.41, 5.74) is -0.791. The number of aldehydes is 1. The summed E-state index contributed by atoms with van der Waals surface area (Å²) in [7, 11) is 0.